The zero-order chi connectivity index (χ0) is 24.2. The highest BCUT2D eigenvalue weighted by molar-refractivity contribution is 5.77. The van der Waals surface area contributed by atoms with Crippen LogP contribution in [0.5, 0.6) is 0 Å². The van der Waals surface area contributed by atoms with Crippen LogP contribution in [0.15, 0.2) is 0 Å². The Hall–Kier alpha value is -1.50. The molecule has 0 saturated carbocycles. The second-order valence-corrected chi connectivity index (χ2v) is 8.28. The lowest BCUT2D eigenvalue weighted by Gasteiger charge is -2.14. The molecule has 0 spiro atoms. The van der Waals surface area contributed by atoms with Gasteiger partial charge in [-0.3, -0.25) is 16.1 Å². The summed E-state index contributed by atoms with van der Waals surface area (Å²) in [6.45, 7) is 9.39. The van der Waals surface area contributed by atoms with Gasteiger partial charge in [-0.15, -0.1) is 0 Å². The first-order valence-corrected chi connectivity index (χ1v) is 12.3. The molecule has 1 unspecified atom stereocenters. The highest BCUT2D eigenvalue weighted by Gasteiger charge is 2.26. The van der Waals surface area contributed by atoms with Gasteiger partial charge in [0.05, 0.1) is 45.7 Å². The predicted octanol–water partition coefficient (Wildman–Crippen LogP) is 0.00430. The SMILES string of the molecule is CCC(CNCCOCCOCCOCCNC(=O)CCCCC[C@H]1NC(=O)N[C@H]1C)NN. The maximum atomic E-state index is 11.8. The van der Waals surface area contributed by atoms with E-state index in [1.807, 2.05) is 6.92 Å². The summed E-state index contributed by atoms with van der Waals surface area (Å²) >= 11 is 0. The molecule has 0 aromatic carbocycles. The monoisotopic (exact) mass is 474 g/mol. The second-order valence-electron chi connectivity index (χ2n) is 8.28. The van der Waals surface area contributed by atoms with Gasteiger partial charge in [-0.25, -0.2) is 4.79 Å². The van der Waals surface area contributed by atoms with E-state index in [0.29, 0.717) is 52.6 Å². The summed E-state index contributed by atoms with van der Waals surface area (Å²) in [6, 6.07) is 0.565. The molecule has 0 bridgehead atoms. The standard InChI is InChI=1S/C22H46N6O5/c1-3-19(28-23)17-24-9-11-31-13-15-33-16-14-32-12-10-25-21(29)8-6-4-5-7-20-18(2)26-22(30)27-20/h18-20,24,28H,3-17,23H2,1-2H3,(H,25,29)(H2,26,27,30)/t18-,19?,20+/m0/s1. The van der Waals surface area contributed by atoms with Crippen molar-refractivity contribution in [2.24, 2.45) is 5.84 Å². The number of rotatable bonds is 22. The molecule has 3 amide bonds. The van der Waals surface area contributed by atoms with Gasteiger partial charge in [-0.1, -0.05) is 19.8 Å². The summed E-state index contributed by atoms with van der Waals surface area (Å²) in [5.74, 6) is 5.47. The van der Waals surface area contributed by atoms with Crippen molar-refractivity contribution >= 4 is 11.9 Å². The molecule has 1 aliphatic heterocycles. The van der Waals surface area contributed by atoms with E-state index in [4.69, 9.17) is 20.1 Å². The molecule has 11 nitrogen and oxygen atoms in total. The van der Waals surface area contributed by atoms with Crippen LogP contribution in [0.25, 0.3) is 0 Å². The van der Waals surface area contributed by atoms with Gasteiger partial charge in [0.25, 0.3) is 0 Å². The van der Waals surface area contributed by atoms with E-state index in [1.165, 1.54) is 0 Å². The van der Waals surface area contributed by atoms with Gasteiger partial charge < -0.3 is 35.5 Å². The van der Waals surface area contributed by atoms with Crippen LogP contribution in [0.2, 0.25) is 0 Å². The Kier molecular flexibility index (Phi) is 17.8. The summed E-state index contributed by atoms with van der Waals surface area (Å²) in [5.41, 5.74) is 2.76. The number of hydrogen-bond donors (Lipinski definition) is 6. The van der Waals surface area contributed by atoms with Crippen molar-refractivity contribution in [3.63, 3.8) is 0 Å². The Bertz CT molecular complexity index is 510. The van der Waals surface area contributed by atoms with Gasteiger partial charge >= 0.3 is 6.03 Å². The van der Waals surface area contributed by atoms with Crippen LogP contribution >= 0.6 is 0 Å². The lowest BCUT2D eigenvalue weighted by atomic mass is 10.0. The van der Waals surface area contributed by atoms with Crippen LogP contribution in [-0.2, 0) is 19.0 Å². The highest BCUT2D eigenvalue weighted by Crippen LogP contribution is 2.11. The zero-order valence-electron chi connectivity index (χ0n) is 20.5. The number of nitrogens with two attached hydrogens (primary N) is 1. The third kappa shape index (κ3) is 15.9. The average Bonchev–Trinajstić information content (AvgIpc) is 3.13. The van der Waals surface area contributed by atoms with Gasteiger partial charge in [-0.05, 0) is 26.2 Å². The third-order valence-electron chi connectivity index (χ3n) is 5.55. The summed E-state index contributed by atoms with van der Waals surface area (Å²) in [6.07, 6.45) is 5.27. The molecule has 7 N–H and O–H groups in total. The van der Waals surface area contributed by atoms with Crippen molar-refractivity contribution in [1.82, 2.24) is 26.7 Å². The van der Waals surface area contributed by atoms with Gasteiger partial charge in [0.15, 0.2) is 0 Å². The van der Waals surface area contributed by atoms with Crippen LogP contribution in [0.4, 0.5) is 4.79 Å². The fraction of sp³-hybridized carbons (Fsp3) is 0.909. The minimum atomic E-state index is -0.0870. The molecule has 0 aromatic rings. The summed E-state index contributed by atoms with van der Waals surface area (Å²) in [7, 11) is 0. The number of nitrogens with one attached hydrogen (secondary N) is 5. The van der Waals surface area contributed by atoms with Crippen molar-refractivity contribution in [1.29, 1.82) is 0 Å². The Labute approximate surface area is 198 Å². The molecule has 0 aliphatic carbocycles. The number of carbonyl (C=O) groups excluding carboxylic acids is 2. The molecule has 0 aromatic heterocycles. The minimum absolute atomic E-state index is 0.0511. The second kappa shape index (κ2) is 19.9. The molecule has 11 heteroatoms. The smallest absolute Gasteiger partial charge is 0.315 e. The summed E-state index contributed by atoms with van der Waals surface area (Å²) < 4.78 is 16.4. The van der Waals surface area contributed by atoms with E-state index in [2.05, 4.69) is 33.6 Å². The van der Waals surface area contributed by atoms with Crippen LogP contribution in [0, 0.1) is 0 Å². The first-order valence-electron chi connectivity index (χ1n) is 12.3. The Morgan fingerprint density at radius 2 is 1.67 bits per heavy atom. The van der Waals surface area contributed by atoms with E-state index >= 15 is 0 Å². The molecule has 0 radical (unpaired) electrons. The molecular formula is C22H46N6O5. The van der Waals surface area contributed by atoms with Gasteiger partial charge in [0.1, 0.15) is 0 Å². The fourth-order valence-electron chi connectivity index (χ4n) is 3.43. The highest BCUT2D eigenvalue weighted by atomic mass is 16.5. The third-order valence-corrected chi connectivity index (χ3v) is 5.55. The Morgan fingerprint density at radius 1 is 1.00 bits per heavy atom. The fourth-order valence-corrected chi connectivity index (χ4v) is 3.43. The lowest BCUT2D eigenvalue weighted by Crippen LogP contribution is -2.42. The average molecular weight is 475 g/mol. The summed E-state index contributed by atoms with van der Waals surface area (Å²) in [5, 5.41) is 11.9. The molecule has 1 fully saturated rings. The molecule has 1 saturated heterocycles. The van der Waals surface area contributed by atoms with Crippen molar-refractivity contribution in [3.05, 3.63) is 0 Å². The van der Waals surface area contributed by atoms with E-state index in [0.717, 1.165) is 45.2 Å². The van der Waals surface area contributed by atoms with Crippen molar-refractivity contribution in [2.45, 2.75) is 70.5 Å². The first kappa shape index (κ1) is 29.5. The molecule has 1 aliphatic rings. The van der Waals surface area contributed by atoms with Crippen molar-refractivity contribution < 1.29 is 23.8 Å². The predicted molar refractivity (Wildman–Crippen MR) is 128 cm³/mol. The molecule has 1 rings (SSSR count). The maximum absolute atomic E-state index is 11.8. The zero-order valence-corrected chi connectivity index (χ0v) is 20.5. The number of ether oxygens (including phenoxy) is 3. The van der Waals surface area contributed by atoms with Gasteiger partial charge in [0.2, 0.25) is 5.91 Å². The largest absolute Gasteiger partial charge is 0.378 e. The molecule has 3 atom stereocenters. The molecule has 194 valence electrons. The molecule has 33 heavy (non-hydrogen) atoms. The Balaban J connectivity index is 1.76. The first-order chi connectivity index (χ1) is 16.1. The van der Waals surface area contributed by atoms with E-state index < -0.39 is 0 Å². The normalized spacial score (nSPS) is 18.7. The van der Waals surface area contributed by atoms with Crippen LogP contribution in [-0.4, -0.2) is 89.3 Å². The van der Waals surface area contributed by atoms with Crippen LogP contribution in [0.3, 0.4) is 0 Å². The summed E-state index contributed by atoms with van der Waals surface area (Å²) in [4.78, 5) is 23.1. The van der Waals surface area contributed by atoms with E-state index in [-0.39, 0.29) is 30.1 Å². The number of unbranched alkanes of at least 4 members (excludes halogenated alkanes) is 2. The number of amides is 3. The number of urea groups is 1. The Morgan fingerprint density at radius 3 is 2.27 bits per heavy atom. The number of hydrogen-bond acceptors (Lipinski definition) is 8. The molecular weight excluding hydrogens is 428 g/mol. The van der Waals surface area contributed by atoms with E-state index in [1.54, 1.807) is 0 Å². The van der Waals surface area contributed by atoms with Crippen LogP contribution < -0.4 is 32.5 Å². The quantitative estimate of drug-likeness (QED) is 0.0730. The lowest BCUT2D eigenvalue weighted by molar-refractivity contribution is -0.121. The topological polar surface area (TPSA) is 148 Å². The minimum Gasteiger partial charge on any atom is -0.378 e. The van der Waals surface area contributed by atoms with Gasteiger partial charge in [-0.2, -0.15) is 0 Å². The number of carbonyl (C=O) groups is 2. The van der Waals surface area contributed by atoms with E-state index in [9.17, 15) is 9.59 Å². The van der Waals surface area contributed by atoms with Crippen molar-refractivity contribution in [2.75, 3.05) is 59.3 Å². The van der Waals surface area contributed by atoms with Crippen LogP contribution in [0.1, 0.15) is 52.4 Å². The maximum Gasteiger partial charge on any atom is 0.315 e. The molecule has 1 heterocycles. The van der Waals surface area contributed by atoms with Gasteiger partial charge in [0, 0.05) is 38.1 Å². The number of hydrazine groups is 1. The van der Waals surface area contributed by atoms with Crippen molar-refractivity contribution in [3.8, 4) is 0 Å².